The second-order valence-electron chi connectivity index (χ2n) is 3.53. The summed E-state index contributed by atoms with van der Waals surface area (Å²) in [5.41, 5.74) is 0.0130. The number of rotatable bonds is 2. The van der Waals surface area contributed by atoms with Crippen LogP contribution < -0.4 is 5.56 Å². The van der Waals surface area contributed by atoms with Crippen molar-refractivity contribution in [2.75, 3.05) is 0 Å². The summed E-state index contributed by atoms with van der Waals surface area (Å²) in [6.07, 6.45) is 1.22. The molecular formula is C12H7Cl2NO3. The van der Waals surface area contributed by atoms with E-state index >= 15 is 0 Å². The van der Waals surface area contributed by atoms with Gasteiger partial charge in [0.25, 0.3) is 5.56 Å². The Morgan fingerprint density at radius 1 is 1.17 bits per heavy atom. The number of benzene rings is 1. The number of aromatic nitrogens is 1. The van der Waals surface area contributed by atoms with Crippen LogP contribution in [0.4, 0.5) is 0 Å². The van der Waals surface area contributed by atoms with Crippen molar-refractivity contribution in [3.8, 4) is 5.69 Å². The van der Waals surface area contributed by atoms with E-state index in [1.165, 1.54) is 29.0 Å². The monoisotopic (exact) mass is 283 g/mol. The second kappa shape index (κ2) is 4.84. The molecule has 0 atom stereocenters. The fraction of sp³-hybridized carbons (Fsp3) is 0. The average Bonchev–Trinajstić information content (AvgIpc) is 2.30. The normalized spacial score (nSPS) is 10.3. The van der Waals surface area contributed by atoms with Crippen molar-refractivity contribution in [2.24, 2.45) is 0 Å². The molecule has 0 saturated carbocycles. The minimum absolute atomic E-state index is 0.000571. The van der Waals surface area contributed by atoms with Crippen LogP contribution in [0.1, 0.15) is 10.4 Å². The number of carboxylic acids is 1. The first-order valence-corrected chi connectivity index (χ1v) is 5.66. The maximum Gasteiger partial charge on any atom is 0.337 e. The fourth-order valence-electron chi connectivity index (χ4n) is 1.48. The highest BCUT2D eigenvalue weighted by atomic mass is 35.5. The van der Waals surface area contributed by atoms with E-state index in [-0.39, 0.29) is 16.1 Å². The average molecular weight is 284 g/mol. The summed E-state index contributed by atoms with van der Waals surface area (Å²) in [5.74, 6) is -1.12. The van der Waals surface area contributed by atoms with Crippen LogP contribution in [0.15, 0.2) is 41.3 Å². The van der Waals surface area contributed by atoms with Crippen LogP contribution in [0.25, 0.3) is 5.69 Å². The zero-order valence-corrected chi connectivity index (χ0v) is 10.4. The number of hydrogen-bond acceptors (Lipinski definition) is 2. The summed E-state index contributed by atoms with van der Waals surface area (Å²) < 4.78 is 1.17. The van der Waals surface area contributed by atoms with Crippen molar-refractivity contribution < 1.29 is 9.90 Å². The van der Waals surface area contributed by atoms with E-state index in [0.717, 1.165) is 0 Å². The van der Waals surface area contributed by atoms with E-state index in [2.05, 4.69) is 0 Å². The summed E-state index contributed by atoms with van der Waals surface area (Å²) in [6, 6.07) is 7.03. The summed E-state index contributed by atoms with van der Waals surface area (Å²) in [6.45, 7) is 0. The van der Waals surface area contributed by atoms with Gasteiger partial charge in [0.05, 0.1) is 16.3 Å². The molecule has 0 aliphatic carbocycles. The molecule has 1 N–H and O–H groups in total. The third kappa shape index (κ3) is 2.39. The van der Waals surface area contributed by atoms with Gasteiger partial charge in [0.15, 0.2) is 0 Å². The van der Waals surface area contributed by atoms with Crippen LogP contribution in [-0.4, -0.2) is 15.6 Å². The first-order chi connectivity index (χ1) is 8.49. The number of aromatic carboxylic acids is 1. The lowest BCUT2D eigenvalue weighted by Crippen LogP contribution is -2.18. The Labute approximate surface area is 112 Å². The molecule has 1 aromatic heterocycles. The molecule has 0 fully saturated rings. The third-order valence-electron chi connectivity index (χ3n) is 2.33. The predicted octanol–water partition coefficient (Wildman–Crippen LogP) is 2.84. The molecule has 2 aromatic rings. The van der Waals surface area contributed by atoms with Gasteiger partial charge in [-0.25, -0.2) is 4.79 Å². The maximum absolute atomic E-state index is 11.7. The lowest BCUT2D eigenvalue weighted by atomic mass is 10.2. The second-order valence-corrected chi connectivity index (χ2v) is 4.37. The first-order valence-electron chi connectivity index (χ1n) is 4.90. The van der Waals surface area contributed by atoms with Crippen molar-refractivity contribution in [3.63, 3.8) is 0 Å². The van der Waals surface area contributed by atoms with Crippen LogP contribution in [0.5, 0.6) is 0 Å². The molecule has 18 heavy (non-hydrogen) atoms. The third-order valence-corrected chi connectivity index (χ3v) is 2.87. The summed E-state index contributed by atoms with van der Waals surface area (Å²) in [4.78, 5) is 22.6. The summed E-state index contributed by atoms with van der Waals surface area (Å²) in [5, 5.41) is 9.60. The quantitative estimate of drug-likeness (QED) is 0.922. The van der Waals surface area contributed by atoms with E-state index in [4.69, 9.17) is 28.3 Å². The molecule has 0 aliphatic heterocycles. The van der Waals surface area contributed by atoms with Crippen molar-refractivity contribution in [1.29, 1.82) is 0 Å². The molecule has 0 saturated heterocycles. The minimum atomic E-state index is -1.12. The van der Waals surface area contributed by atoms with E-state index in [1.54, 1.807) is 12.1 Å². The van der Waals surface area contributed by atoms with E-state index in [9.17, 15) is 9.59 Å². The lowest BCUT2D eigenvalue weighted by molar-refractivity contribution is 0.0696. The van der Waals surface area contributed by atoms with Crippen LogP contribution >= 0.6 is 23.2 Å². The number of carbonyl (C=O) groups is 1. The zero-order valence-electron chi connectivity index (χ0n) is 8.93. The summed E-state index contributed by atoms with van der Waals surface area (Å²) in [7, 11) is 0. The largest absolute Gasteiger partial charge is 0.478 e. The molecule has 0 aliphatic rings. The number of halogens is 2. The van der Waals surface area contributed by atoms with Crippen molar-refractivity contribution >= 4 is 29.2 Å². The Hall–Kier alpha value is -1.78. The number of carboxylic acid groups (broad SMARTS) is 1. The Bertz CT molecular complexity index is 679. The molecule has 6 heteroatoms. The molecule has 0 bridgehead atoms. The maximum atomic E-state index is 11.7. The van der Waals surface area contributed by atoms with E-state index in [0.29, 0.717) is 10.7 Å². The standard InChI is InChI=1S/C12H7Cl2NO3/c13-8-2-3-10(9(14)5-8)15-6-7(12(17)18)1-4-11(15)16/h1-6H,(H,17,18). The van der Waals surface area contributed by atoms with Gasteiger partial charge in [0, 0.05) is 17.3 Å². The van der Waals surface area contributed by atoms with Gasteiger partial charge in [-0.3, -0.25) is 9.36 Å². The van der Waals surface area contributed by atoms with Gasteiger partial charge in [-0.2, -0.15) is 0 Å². The van der Waals surface area contributed by atoms with Crippen LogP contribution in [0.3, 0.4) is 0 Å². The molecule has 0 spiro atoms. The van der Waals surface area contributed by atoms with Crippen LogP contribution in [0, 0.1) is 0 Å². The number of nitrogens with zero attached hydrogens (tertiary/aromatic N) is 1. The minimum Gasteiger partial charge on any atom is -0.478 e. The zero-order chi connectivity index (χ0) is 13.3. The Morgan fingerprint density at radius 3 is 2.50 bits per heavy atom. The highest BCUT2D eigenvalue weighted by Crippen LogP contribution is 2.23. The highest BCUT2D eigenvalue weighted by Gasteiger charge is 2.09. The van der Waals surface area contributed by atoms with Crippen LogP contribution in [-0.2, 0) is 0 Å². The van der Waals surface area contributed by atoms with Gasteiger partial charge < -0.3 is 5.11 Å². The van der Waals surface area contributed by atoms with E-state index < -0.39 is 5.97 Å². The van der Waals surface area contributed by atoms with Crippen molar-refractivity contribution in [3.05, 3.63) is 62.5 Å². The Kier molecular flexibility index (Phi) is 3.41. The molecule has 0 amide bonds. The molecule has 92 valence electrons. The Morgan fingerprint density at radius 2 is 1.89 bits per heavy atom. The van der Waals surface area contributed by atoms with Crippen molar-refractivity contribution in [2.45, 2.75) is 0 Å². The molecule has 4 nitrogen and oxygen atoms in total. The molecule has 2 rings (SSSR count). The summed E-state index contributed by atoms with van der Waals surface area (Å²) >= 11 is 11.7. The van der Waals surface area contributed by atoms with Gasteiger partial charge in [0.2, 0.25) is 0 Å². The molecule has 1 heterocycles. The van der Waals surface area contributed by atoms with Gasteiger partial charge in [-0.05, 0) is 24.3 Å². The van der Waals surface area contributed by atoms with Crippen molar-refractivity contribution in [1.82, 2.24) is 4.57 Å². The Balaban J connectivity index is 2.66. The number of pyridine rings is 1. The molecule has 0 radical (unpaired) electrons. The van der Waals surface area contributed by atoms with Gasteiger partial charge >= 0.3 is 5.97 Å². The highest BCUT2D eigenvalue weighted by molar-refractivity contribution is 6.35. The number of hydrogen-bond donors (Lipinski definition) is 1. The van der Waals surface area contributed by atoms with Gasteiger partial charge in [0.1, 0.15) is 0 Å². The first kappa shape index (κ1) is 12.7. The molecular weight excluding hydrogens is 277 g/mol. The predicted molar refractivity (Wildman–Crippen MR) is 69.0 cm³/mol. The smallest absolute Gasteiger partial charge is 0.337 e. The van der Waals surface area contributed by atoms with Crippen LogP contribution in [0.2, 0.25) is 10.0 Å². The fourth-order valence-corrected chi connectivity index (χ4v) is 1.98. The van der Waals surface area contributed by atoms with E-state index in [1.807, 2.05) is 0 Å². The van der Waals surface area contributed by atoms with Gasteiger partial charge in [-0.1, -0.05) is 23.2 Å². The molecule has 1 aromatic carbocycles. The van der Waals surface area contributed by atoms with Gasteiger partial charge in [-0.15, -0.1) is 0 Å². The molecule has 0 unspecified atom stereocenters. The lowest BCUT2D eigenvalue weighted by Gasteiger charge is -2.08. The topological polar surface area (TPSA) is 59.3 Å². The SMILES string of the molecule is O=C(O)c1ccc(=O)n(-c2ccc(Cl)cc2Cl)c1.